The third-order valence-corrected chi connectivity index (χ3v) is 2.71. The number of rotatable bonds is 5. The molecule has 98 valence electrons. The van der Waals surface area contributed by atoms with Crippen molar-refractivity contribution in [3.63, 3.8) is 0 Å². The average Bonchev–Trinajstić information content (AvgIpc) is 2.42. The first-order valence-electron chi connectivity index (χ1n) is 6.15. The minimum absolute atomic E-state index is 0.0688. The molecule has 0 fully saturated rings. The minimum Gasteiger partial charge on any atom is -0.398 e. The van der Waals surface area contributed by atoms with Gasteiger partial charge in [0.25, 0.3) is 0 Å². The van der Waals surface area contributed by atoms with Gasteiger partial charge in [0.15, 0.2) is 0 Å². The Morgan fingerprint density at radius 1 is 1.00 bits per heavy atom. The number of para-hydroxylation sites is 2. The Kier molecular flexibility index (Phi) is 4.53. The SMILES string of the molecule is Nc1ccccc1CNCC(=O)Nc1ccccc1. The zero-order chi connectivity index (χ0) is 13.5. The molecule has 0 unspecified atom stereocenters. The van der Waals surface area contributed by atoms with Gasteiger partial charge >= 0.3 is 0 Å². The molecule has 0 aliphatic carbocycles. The Hall–Kier alpha value is -2.33. The number of nitrogens with one attached hydrogen (secondary N) is 2. The summed E-state index contributed by atoms with van der Waals surface area (Å²) < 4.78 is 0. The van der Waals surface area contributed by atoms with E-state index in [1.165, 1.54) is 0 Å². The first kappa shape index (κ1) is 13.1. The monoisotopic (exact) mass is 255 g/mol. The molecule has 2 rings (SSSR count). The quantitative estimate of drug-likeness (QED) is 0.716. The first-order chi connectivity index (χ1) is 9.25. The van der Waals surface area contributed by atoms with E-state index in [1.807, 2.05) is 54.6 Å². The molecular weight excluding hydrogens is 238 g/mol. The molecular formula is C15H17N3O. The fraction of sp³-hybridized carbons (Fsp3) is 0.133. The van der Waals surface area contributed by atoms with E-state index in [4.69, 9.17) is 5.73 Å². The van der Waals surface area contributed by atoms with Gasteiger partial charge in [-0.3, -0.25) is 4.79 Å². The van der Waals surface area contributed by atoms with E-state index < -0.39 is 0 Å². The molecule has 1 amide bonds. The highest BCUT2D eigenvalue weighted by Crippen LogP contribution is 2.09. The van der Waals surface area contributed by atoms with Gasteiger partial charge in [-0.15, -0.1) is 0 Å². The van der Waals surface area contributed by atoms with Crippen molar-refractivity contribution >= 4 is 17.3 Å². The van der Waals surface area contributed by atoms with Gasteiger partial charge in [-0.1, -0.05) is 36.4 Å². The van der Waals surface area contributed by atoms with E-state index >= 15 is 0 Å². The van der Waals surface area contributed by atoms with Crippen molar-refractivity contribution in [2.45, 2.75) is 6.54 Å². The van der Waals surface area contributed by atoms with E-state index in [1.54, 1.807) is 0 Å². The van der Waals surface area contributed by atoms with E-state index in [0.717, 1.165) is 16.9 Å². The molecule has 0 aliphatic heterocycles. The fourth-order valence-electron chi connectivity index (χ4n) is 1.73. The smallest absolute Gasteiger partial charge is 0.238 e. The van der Waals surface area contributed by atoms with Crippen LogP contribution in [0.15, 0.2) is 54.6 Å². The van der Waals surface area contributed by atoms with Crippen LogP contribution in [0.2, 0.25) is 0 Å². The molecule has 0 radical (unpaired) electrons. The molecule has 19 heavy (non-hydrogen) atoms. The summed E-state index contributed by atoms with van der Waals surface area (Å²) in [5, 5.41) is 5.88. The van der Waals surface area contributed by atoms with Crippen LogP contribution in [0, 0.1) is 0 Å². The third kappa shape index (κ3) is 4.12. The van der Waals surface area contributed by atoms with Gasteiger partial charge in [-0.05, 0) is 23.8 Å². The van der Waals surface area contributed by atoms with Crippen LogP contribution in [0.4, 0.5) is 11.4 Å². The van der Waals surface area contributed by atoms with Crippen molar-refractivity contribution in [1.29, 1.82) is 0 Å². The number of carbonyl (C=O) groups is 1. The summed E-state index contributed by atoms with van der Waals surface area (Å²) in [5.74, 6) is -0.0688. The molecule has 4 heteroatoms. The summed E-state index contributed by atoms with van der Waals surface area (Å²) in [6.07, 6.45) is 0. The lowest BCUT2D eigenvalue weighted by Gasteiger charge is -2.08. The summed E-state index contributed by atoms with van der Waals surface area (Å²) in [6.45, 7) is 0.831. The van der Waals surface area contributed by atoms with Gasteiger partial charge in [0.05, 0.1) is 6.54 Å². The molecule has 0 heterocycles. The van der Waals surface area contributed by atoms with E-state index in [9.17, 15) is 4.79 Å². The Labute approximate surface area is 112 Å². The standard InChI is InChI=1S/C15H17N3O/c16-14-9-5-4-6-12(14)10-17-11-15(19)18-13-7-2-1-3-8-13/h1-9,17H,10-11,16H2,(H,18,19). The normalized spacial score (nSPS) is 10.1. The maximum absolute atomic E-state index is 11.7. The van der Waals surface area contributed by atoms with Gasteiger partial charge < -0.3 is 16.4 Å². The lowest BCUT2D eigenvalue weighted by atomic mass is 10.2. The second-order valence-electron chi connectivity index (χ2n) is 4.22. The molecule has 4 N–H and O–H groups in total. The molecule has 4 nitrogen and oxygen atoms in total. The van der Waals surface area contributed by atoms with Crippen molar-refractivity contribution in [3.05, 3.63) is 60.2 Å². The molecule has 0 saturated heterocycles. The molecule has 0 bridgehead atoms. The van der Waals surface area contributed by atoms with Crippen LogP contribution >= 0.6 is 0 Å². The Morgan fingerprint density at radius 3 is 2.42 bits per heavy atom. The highest BCUT2D eigenvalue weighted by Gasteiger charge is 2.02. The van der Waals surface area contributed by atoms with Crippen LogP contribution in [-0.2, 0) is 11.3 Å². The summed E-state index contributed by atoms with van der Waals surface area (Å²) in [7, 11) is 0. The summed E-state index contributed by atoms with van der Waals surface area (Å²) in [6, 6.07) is 17.0. The van der Waals surface area contributed by atoms with E-state index in [-0.39, 0.29) is 12.5 Å². The zero-order valence-electron chi connectivity index (χ0n) is 10.6. The zero-order valence-corrected chi connectivity index (χ0v) is 10.6. The van der Waals surface area contributed by atoms with Crippen LogP contribution in [0.5, 0.6) is 0 Å². The van der Waals surface area contributed by atoms with Crippen LogP contribution in [-0.4, -0.2) is 12.5 Å². The molecule has 0 atom stereocenters. The van der Waals surface area contributed by atoms with Gasteiger partial charge in [0.2, 0.25) is 5.91 Å². The minimum atomic E-state index is -0.0688. The van der Waals surface area contributed by atoms with E-state index in [2.05, 4.69) is 10.6 Å². The van der Waals surface area contributed by atoms with Gasteiger partial charge in [-0.2, -0.15) is 0 Å². The molecule has 2 aromatic rings. The summed E-state index contributed by atoms with van der Waals surface area (Å²) in [5.41, 5.74) is 8.35. The highest BCUT2D eigenvalue weighted by atomic mass is 16.1. The van der Waals surface area contributed by atoms with Crippen molar-refractivity contribution in [2.75, 3.05) is 17.6 Å². The number of amides is 1. The molecule has 2 aromatic carbocycles. The topological polar surface area (TPSA) is 67.1 Å². The maximum atomic E-state index is 11.7. The molecule has 0 aromatic heterocycles. The van der Waals surface area contributed by atoms with Crippen molar-refractivity contribution < 1.29 is 4.79 Å². The van der Waals surface area contributed by atoms with Gasteiger partial charge in [0.1, 0.15) is 0 Å². The number of carbonyl (C=O) groups excluding carboxylic acids is 1. The summed E-state index contributed by atoms with van der Waals surface area (Å²) in [4.78, 5) is 11.7. The number of anilines is 2. The fourth-order valence-corrected chi connectivity index (χ4v) is 1.73. The van der Waals surface area contributed by atoms with Crippen molar-refractivity contribution in [3.8, 4) is 0 Å². The Balaban J connectivity index is 1.77. The lowest BCUT2D eigenvalue weighted by molar-refractivity contribution is -0.115. The number of hydrogen-bond acceptors (Lipinski definition) is 3. The molecule has 0 aliphatic rings. The van der Waals surface area contributed by atoms with Gasteiger partial charge in [-0.25, -0.2) is 0 Å². The van der Waals surface area contributed by atoms with Crippen molar-refractivity contribution in [2.24, 2.45) is 0 Å². The Morgan fingerprint density at radius 2 is 1.68 bits per heavy atom. The maximum Gasteiger partial charge on any atom is 0.238 e. The number of nitrogens with two attached hydrogens (primary N) is 1. The predicted octanol–water partition coefficient (Wildman–Crippen LogP) is 2.00. The van der Waals surface area contributed by atoms with Crippen LogP contribution in [0.1, 0.15) is 5.56 Å². The second-order valence-corrected chi connectivity index (χ2v) is 4.22. The van der Waals surface area contributed by atoms with Gasteiger partial charge in [0, 0.05) is 17.9 Å². The number of hydrogen-bond donors (Lipinski definition) is 3. The Bertz CT molecular complexity index is 540. The number of benzene rings is 2. The lowest BCUT2D eigenvalue weighted by Crippen LogP contribution is -2.27. The van der Waals surface area contributed by atoms with E-state index in [0.29, 0.717) is 6.54 Å². The molecule has 0 saturated carbocycles. The third-order valence-electron chi connectivity index (χ3n) is 2.71. The average molecular weight is 255 g/mol. The highest BCUT2D eigenvalue weighted by molar-refractivity contribution is 5.92. The molecule has 0 spiro atoms. The van der Waals surface area contributed by atoms with Crippen LogP contribution < -0.4 is 16.4 Å². The second kappa shape index (κ2) is 6.56. The van der Waals surface area contributed by atoms with Crippen molar-refractivity contribution in [1.82, 2.24) is 5.32 Å². The summed E-state index contributed by atoms with van der Waals surface area (Å²) >= 11 is 0. The number of nitrogen functional groups attached to an aromatic ring is 1. The largest absolute Gasteiger partial charge is 0.398 e. The first-order valence-corrected chi connectivity index (χ1v) is 6.15. The van der Waals surface area contributed by atoms with Crippen LogP contribution in [0.3, 0.4) is 0 Å². The van der Waals surface area contributed by atoms with Crippen LogP contribution in [0.25, 0.3) is 0 Å². The predicted molar refractivity (Wildman–Crippen MR) is 77.6 cm³/mol.